The minimum absolute atomic E-state index is 0.170. The summed E-state index contributed by atoms with van der Waals surface area (Å²) in [5.74, 6) is 0.893. The van der Waals surface area contributed by atoms with Crippen molar-refractivity contribution in [3.63, 3.8) is 0 Å². The van der Waals surface area contributed by atoms with Gasteiger partial charge in [-0.3, -0.25) is 9.67 Å². The average molecular weight is 530 g/mol. The molecular formula is C28H31N7O2S. The summed E-state index contributed by atoms with van der Waals surface area (Å²) < 4.78 is 24.8. The van der Waals surface area contributed by atoms with Crippen LogP contribution in [0.5, 0.6) is 0 Å². The quantitative estimate of drug-likeness (QED) is 0.273. The number of hydrogen-bond donors (Lipinski definition) is 1. The van der Waals surface area contributed by atoms with Crippen molar-refractivity contribution in [3.8, 4) is 0 Å². The Kier molecular flexibility index (Phi) is 7.62. The number of aryl methyl sites for hydroxylation is 1. The number of nitrogens with zero attached hydrogens (tertiary/aromatic N) is 6. The molecule has 5 aromatic rings. The first-order chi connectivity index (χ1) is 18.3. The molecule has 0 spiro atoms. The fourth-order valence-corrected chi connectivity index (χ4v) is 5.03. The van der Waals surface area contributed by atoms with E-state index in [1.807, 2.05) is 53.2 Å². The maximum atomic E-state index is 11.4. The van der Waals surface area contributed by atoms with E-state index in [-0.39, 0.29) is 5.75 Å². The highest BCUT2D eigenvalue weighted by atomic mass is 32.2. The first kappa shape index (κ1) is 25.7. The zero-order chi connectivity index (χ0) is 26.5. The Hall–Kier alpha value is -3.89. The largest absolute Gasteiger partial charge is 0.340 e. The Labute approximate surface area is 222 Å². The van der Waals surface area contributed by atoms with Gasteiger partial charge in [0, 0.05) is 35.0 Å². The van der Waals surface area contributed by atoms with Crippen LogP contribution < -0.4 is 5.32 Å². The van der Waals surface area contributed by atoms with Gasteiger partial charge in [0.15, 0.2) is 0 Å². The van der Waals surface area contributed by atoms with Crippen molar-refractivity contribution in [1.82, 2.24) is 29.6 Å². The lowest BCUT2D eigenvalue weighted by Crippen LogP contribution is -2.26. The molecule has 3 aromatic heterocycles. The Bertz CT molecular complexity index is 1650. The normalized spacial score (nSPS) is 12.0. The van der Waals surface area contributed by atoms with E-state index in [1.54, 1.807) is 12.5 Å². The number of nitrogens with one attached hydrogen (secondary N) is 1. The van der Waals surface area contributed by atoms with Gasteiger partial charge in [0.05, 0.1) is 35.7 Å². The van der Waals surface area contributed by atoms with Crippen molar-refractivity contribution in [3.05, 3.63) is 84.6 Å². The lowest BCUT2D eigenvalue weighted by molar-refractivity contribution is 0.347. The number of pyridine rings is 1. The van der Waals surface area contributed by atoms with Gasteiger partial charge in [-0.2, -0.15) is 5.10 Å². The van der Waals surface area contributed by atoms with Crippen molar-refractivity contribution in [2.24, 2.45) is 0 Å². The molecule has 2 aromatic carbocycles. The number of fused-ring (bicyclic) bond motifs is 2. The molecule has 3 heterocycles. The first-order valence-electron chi connectivity index (χ1n) is 12.6. The second-order valence-corrected chi connectivity index (χ2v) is 11.9. The number of sulfone groups is 1. The van der Waals surface area contributed by atoms with Gasteiger partial charge in [-0.25, -0.2) is 18.4 Å². The topological polar surface area (TPSA) is 106 Å². The van der Waals surface area contributed by atoms with E-state index in [2.05, 4.69) is 49.6 Å². The van der Waals surface area contributed by atoms with Crippen LogP contribution in [0.15, 0.2) is 73.3 Å². The predicted octanol–water partition coefficient (Wildman–Crippen LogP) is 4.08. The number of hydrogen-bond acceptors (Lipinski definition) is 8. The summed E-state index contributed by atoms with van der Waals surface area (Å²) in [7, 11) is -1.01. The lowest BCUT2D eigenvalue weighted by atomic mass is 10.1. The van der Waals surface area contributed by atoms with Gasteiger partial charge in [-0.15, -0.1) is 0 Å². The van der Waals surface area contributed by atoms with Crippen LogP contribution >= 0.6 is 0 Å². The highest BCUT2D eigenvalue weighted by Gasteiger charge is 2.10. The molecule has 1 N–H and O–H groups in total. The summed E-state index contributed by atoms with van der Waals surface area (Å²) in [6.07, 6.45) is 8.13. The number of anilines is 2. The van der Waals surface area contributed by atoms with Crippen LogP contribution in [0.1, 0.15) is 17.7 Å². The molecule has 38 heavy (non-hydrogen) atoms. The van der Waals surface area contributed by atoms with E-state index in [9.17, 15) is 8.42 Å². The Morgan fingerprint density at radius 2 is 1.82 bits per heavy atom. The molecule has 196 valence electrons. The monoisotopic (exact) mass is 529 g/mol. The van der Waals surface area contributed by atoms with Gasteiger partial charge in [0.1, 0.15) is 22.0 Å². The molecule has 0 radical (unpaired) electrons. The molecule has 5 rings (SSSR count). The maximum absolute atomic E-state index is 11.4. The summed E-state index contributed by atoms with van der Waals surface area (Å²) >= 11 is 0. The minimum Gasteiger partial charge on any atom is -0.340 e. The molecule has 0 amide bonds. The smallest absolute Gasteiger partial charge is 0.148 e. The van der Waals surface area contributed by atoms with Crippen LogP contribution in [0.4, 0.5) is 11.5 Å². The minimum atomic E-state index is -2.96. The summed E-state index contributed by atoms with van der Waals surface area (Å²) in [6.45, 7) is 2.04. The molecule has 0 bridgehead atoms. The SMILES string of the molecule is CN(CCCc1cc2c(Nc3ccc4c(cnn4Cc4ccccc4)c3)ncnc2cn1)CCS(C)(=O)=O. The lowest BCUT2D eigenvalue weighted by Gasteiger charge is -2.15. The number of benzene rings is 2. The van der Waals surface area contributed by atoms with Crippen LogP contribution in [0.25, 0.3) is 21.8 Å². The summed E-state index contributed by atoms with van der Waals surface area (Å²) in [4.78, 5) is 15.5. The molecule has 9 nitrogen and oxygen atoms in total. The van der Waals surface area contributed by atoms with Crippen LogP contribution in [0, 0.1) is 0 Å². The van der Waals surface area contributed by atoms with Crippen molar-refractivity contribution in [2.45, 2.75) is 19.4 Å². The van der Waals surface area contributed by atoms with Crippen molar-refractivity contribution < 1.29 is 8.42 Å². The summed E-state index contributed by atoms with van der Waals surface area (Å²) in [5, 5.41) is 9.99. The molecule has 0 aliphatic rings. The first-order valence-corrected chi connectivity index (χ1v) is 14.6. The molecular weight excluding hydrogens is 498 g/mol. The molecule has 10 heteroatoms. The van der Waals surface area contributed by atoms with Crippen LogP contribution in [-0.4, -0.2) is 70.2 Å². The second kappa shape index (κ2) is 11.2. The number of aromatic nitrogens is 5. The van der Waals surface area contributed by atoms with Gasteiger partial charge < -0.3 is 10.2 Å². The Morgan fingerprint density at radius 1 is 0.974 bits per heavy atom. The van der Waals surface area contributed by atoms with Gasteiger partial charge >= 0.3 is 0 Å². The van der Waals surface area contributed by atoms with Crippen molar-refractivity contribution in [1.29, 1.82) is 0 Å². The molecule has 0 aliphatic carbocycles. The highest BCUT2D eigenvalue weighted by Crippen LogP contribution is 2.26. The highest BCUT2D eigenvalue weighted by molar-refractivity contribution is 7.90. The maximum Gasteiger partial charge on any atom is 0.148 e. The Morgan fingerprint density at radius 3 is 2.63 bits per heavy atom. The third-order valence-corrected chi connectivity index (χ3v) is 7.40. The number of rotatable bonds is 11. The van der Waals surface area contributed by atoms with Crippen LogP contribution in [-0.2, 0) is 22.8 Å². The van der Waals surface area contributed by atoms with Gasteiger partial charge in [-0.05, 0) is 56.3 Å². The molecule has 0 saturated carbocycles. The fraction of sp³-hybridized carbons (Fsp3) is 0.286. The van der Waals surface area contributed by atoms with E-state index in [4.69, 9.17) is 0 Å². The third-order valence-electron chi connectivity index (χ3n) is 6.47. The third kappa shape index (κ3) is 6.51. The van der Waals surface area contributed by atoms with Gasteiger partial charge in [0.2, 0.25) is 0 Å². The zero-order valence-corrected chi connectivity index (χ0v) is 22.4. The molecule has 0 unspecified atom stereocenters. The van der Waals surface area contributed by atoms with E-state index < -0.39 is 9.84 Å². The summed E-state index contributed by atoms with van der Waals surface area (Å²) in [6, 6.07) is 18.5. The van der Waals surface area contributed by atoms with Crippen LogP contribution in [0.3, 0.4) is 0 Å². The van der Waals surface area contributed by atoms with E-state index in [1.165, 1.54) is 11.8 Å². The molecule has 0 fully saturated rings. The zero-order valence-electron chi connectivity index (χ0n) is 21.6. The second-order valence-electron chi connectivity index (χ2n) is 9.64. The van der Waals surface area contributed by atoms with Gasteiger partial charge in [-0.1, -0.05) is 30.3 Å². The predicted molar refractivity (Wildman–Crippen MR) is 151 cm³/mol. The average Bonchev–Trinajstić information content (AvgIpc) is 3.30. The standard InChI is InChI=1S/C28H31N7O2S/c1-34(13-14-38(2,36)37)12-6-9-23-16-25-26(18-29-23)30-20-31-28(25)33-24-10-11-27-22(15-24)17-32-35(27)19-21-7-4-3-5-8-21/h3-5,7-8,10-11,15-18,20H,6,9,12-14,19H2,1-2H3,(H,30,31,33). The van der Waals surface area contributed by atoms with Crippen LogP contribution in [0.2, 0.25) is 0 Å². The van der Waals surface area contributed by atoms with Gasteiger partial charge in [0.25, 0.3) is 0 Å². The van der Waals surface area contributed by atoms with E-state index >= 15 is 0 Å². The summed E-state index contributed by atoms with van der Waals surface area (Å²) in [5.41, 5.74) is 4.91. The van der Waals surface area contributed by atoms with Crippen molar-refractivity contribution in [2.75, 3.05) is 37.5 Å². The molecule has 0 aliphatic heterocycles. The van der Waals surface area contributed by atoms with E-state index in [0.717, 1.165) is 64.9 Å². The van der Waals surface area contributed by atoms with E-state index in [0.29, 0.717) is 6.54 Å². The van der Waals surface area contributed by atoms with Crippen molar-refractivity contribution >= 4 is 43.1 Å². The molecule has 0 atom stereocenters. The fourth-order valence-electron chi connectivity index (χ4n) is 4.39. The molecule has 0 saturated heterocycles. The Balaban J connectivity index is 1.28.